The van der Waals surface area contributed by atoms with Crippen LogP contribution in [-0.2, 0) is 22.7 Å². The number of aryl methyl sites for hydroxylation is 1. The molecule has 4 rings (SSSR count). The van der Waals surface area contributed by atoms with E-state index in [4.69, 9.17) is 6.85 Å². The zero-order valence-corrected chi connectivity index (χ0v) is 16.1. The van der Waals surface area contributed by atoms with Crippen molar-refractivity contribution in [3.63, 3.8) is 0 Å². The van der Waals surface area contributed by atoms with E-state index in [1.165, 1.54) is 18.4 Å². The fourth-order valence-electron chi connectivity index (χ4n) is 3.79. The molecule has 142 valence electrons. The van der Waals surface area contributed by atoms with Crippen LogP contribution in [0.5, 0.6) is 0 Å². The molecule has 0 unspecified atom stereocenters. The van der Waals surface area contributed by atoms with Crippen molar-refractivity contribution in [2.45, 2.75) is 36.6 Å². The van der Waals surface area contributed by atoms with Gasteiger partial charge in [0.15, 0.2) is 9.84 Å². The summed E-state index contributed by atoms with van der Waals surface area (Å²) in [7, 11) is -1.93. The molecule has 1 aliphatic heterocycles. The lowest BCUT2D eigenvalue weighted by Crippen LogP contribution is -2.26. The third-order valence-electron chi connectivity index (χ3n) is 5.41. The second-order valence-corrected chi connectivity index (χ2v) is 9.24. The van der Waals surface area contributed by atoms with Gasteiger partial charge in [-0.1, -0.05) is 24.2 Å². The molecular weight excluding hydrogens is 356 g/mol. The summed E-state index contributed by atoms with van der Waals surface area (Å²) in [5, 5.41) is 1.07. The lowest BCUT2D eigenvalue weighted by Gasteiger charge is -2.18. The Morgan fingerprint density at radius 3 is 2.81 bits per heavy atom. The number of hydrogen-bond donors (Lipinski definition) is 1. The van der Waals surface area contributed by atoms with Gasteiger partial charge in [-0.05, 0) is 74.6 Å². The molecule has 0 bridgehead atoms. The number of nitrogens with zero attached hydrogens (tertiary/aromatic N) is 1. The molecule has 1 aliphatic rings. The monoisotopic (exact) mass is 387 g/mol. The average Bonchev–Trinajstić information content (AvgIpc) is 3.35. The highest BCUT2D eigenvalue weighted by atomic mass is 32.2. The number of nitrogens with one attached hydrogen (secondary N) is 1. The zero-order chi connectivity index (χ0) is 23.2. The maximum Gasteiger partial charge on any atom is 0.178 e. The molecule has 1 aromatic heterocycles. The Hall–Kier alpha value is -2.11. The zero-order valence-electron chi connectivity index (χ0n) is 20.3. The molecule has 0 amide bonds. The molecule has 0 aliphatic carbocycles. The highest BCUT2D eigenvalue weighted by Crippen LogP contribution is 2.26. The second kappa shape index (κ2) is 7.49. The van der Waals surface area contributed by atoms with Crippen molar-refractivity contribution in [3.05, 3.63) is 65.7 Å². The van der Waals surface area contributed by atoms with E-state index < -0.39 is 44.9 Å². The summed E-state index contributed by atoms with van der Waals surface area (Å²) < 4.78 is 64.9. The van der Waals surface area contributed by atoms with Crippen LogP contribution in [0.3, 0.4) is 0 Å². The average molecular weight is 388 g/mol. The SMILES string of the molecule is [2H]c1c([2H])c([2H])c(S(=O)(=O)CCc2ccc3[nH]cc(C[C@H]4CCCN4C)c3c2)c([2H])c1[2H]. The van der Waals surface area contributed by atoms with Gasteiger partial charge < -0.3 is 9.88 Å². The summed E-state index contributed by atoms with van der Waals surface area (Å²) in [5.74, 6) is -0.336. The molecule has 0 saturated carbocycles. The van der Waals surface area contributed by atoms with E-state index in [9.17, 15) is 8.42 Å². The minimum atomic E-state index is -4.07. The van der Waals surface area contributed by atoms with E-state index in [2.05, 4.69) is 16.9 Å². The second-order valence-electron chi connectivity index (χ2n) is 7.20. The molecule has 2 heterocycles. The molecule has 2 aromatic carbocycles. The number of benzene rings is 2. The van der Waals surface area contributed by atoms with Crippen molar-refractivity contribution in [3.8, 4) is 0 Å². The number of likely N-dealkylation sites (N-methyl/N-ethyl adjacent to an activating group) is 1. The van der Waals surface area contributed by atoms with Crippen molar-refractivity contribution in [2.75, 3.05) is 19.3 Å². The van der Waals surface area contributed by atoms with Gasteiger partial charge in [-0.15, -0.1) is 0 Å². The van der Waals surface area contributed by atoms with Crippen LogP contribution in [0.4, 0.5) is 0 Å². The fourth-order valence-corrected chi connectivity index (χ4v) is 4.91. The van der Waals surface area contributed by atoms with Crippen molar-refractivity contribution in [1.29, 1.82) is 0 Å². The van der Waals surface area contributed by atoms with Gasteiger partial charge in [-0.2, -0.15) is 0 Å². The predicted octanol–water partition coefficient (Wildman–Crippen LogP) is 3.82. The van der Waals surface area contributed by atoms with Crippen molar-refractivity contribution in [2.24, 2.45) is 0 Å². The minimum absolute atomic E-state index is 0.189. The van der Waals surface area contributed by atoms with Gasteiger partial charge in [0.1, 0.15) is 0 Å². The first-order chi connectivity index (χ1) is 15.1. The van der Waals surface area contributed by atoms with Crippen LogP contribution in [0, 0.1) is 0 Å². The molecule has 4 nitrogen and oxygen atoms in total. The Morgan fingerprint density at radius 2 is 2.07 bits per heavy atom. The molecule has 1 fully saturated rings. The van der Waals surface area contributed by atoms with E-state index in [1.807, 2.05) is 24.4 Å². The number of H-pyrrole nitrogens is 1. The number of sulfone groups is 1. The van der Waals surface area contributed by atoms with E-state index in [0.29, 0.717) is 6.04 Å². The standard InChI is InChI=1S/C22H26N2O2S/c1-24-12-5-6-19(24)15-18-16-23-22-10-9-17(14-21(18)22)11-13-27(25,26)20-7-3-2-4-8-20/h2-4,7-10,14,16,19,23H,5-6,11-13,15H2,1H3/t19-/m1/s1/i2D,3D,4D,7D,8D. The highest BCUT2D eigenvalue weighted by molar-refractivity contribution is 7.91. The summed E-state index contributed by atoms with van der Waals surface area (Å²) in [6.45, 7) is 1.10. The van der Waals surface area contributed by atoms with Gasteiger partial charge in [0.05, 0.1) is 17.5 Å². The van der Waals surface area contributed by atoms with Crippen molar-refractivity contribution >= 4 is 20.7 Å². The number of aromatic nitrogens is 1. The molecule has 27 heavy (non-hydrogen) atoms. The number of likely N-dealkylation sites (tertiary alicyclic amines) is 1. The largest absolute Gasteiger partial charge is 0.361 e. The van der Waals surface area contributed by atoms with Crippen LogP contribution in [0.1, 0.15) is 30.8 Å². The van der Waals surface area contributed by atoms with Crippen LogP contribution in [0.2, 0.25) is 0 Å². The Morgan fingerprint density at radius 1 is 1.26 bits per heavy atom. The molecule has 3 aromatic rings. The van der Waals surface area contributed by atoms with Gasteiger partial charge in [0.25, 0.3) is 0 Å². The smallest absolute Gasteiger partial charge is 0.178 e. The number of fused-ring (bicyclic) bond motifs is 1. The van der Waals surface area contributed by atoms with Gasteiger partial charge in [0, 0.05) is 23.1 Å². The van der Waals surface area contributed by atoms with Gasteiger partial charge in [0.2, 0.25) is 0 Å². The fraction of sp³-hybridized carbons (Fsp3) is 0.364. The van der Waals surface area contributed by atoms with Gasteiger partial charge in [-0.3, -0.25) is 0 Å². The molecular formula is C22H26N2O2S. The molecule has 0 spiro atoms. The minimum Gasteiger partial charge on any atom is -0.361 e. The van der Waals surface area contributed by atoms with E-state index >= 15 is 0 Å². The normalized spacial score (nSPS) is 20.9. The van der Waals surface area contributed by atoms with Crippen LogP contribution in [0.25, 0.3) is 10.9 Å². The lowest BCUT2D eigenvalue weighted by atomic mass is 10.0. The number of hydrogen-bond acceptors (Lipinski definition) is 3. The number of rotatable bonds is 6. The van der Waals surface area contributed by atoms with E-state index in [1.54, 1.807) is 0 Å². The summed E-state index contributed by atoms with van der Waals surface area (Å²) in [6, 6.07) is 3.05. The Kier molecular flexibility index (Phi) is 3.64. The Balaban J connectivity index is 1.59. The first kappa shape index (κ1) is 13.1. The molecule has 1 atom stereocenters. The predicted molar refractivity (Wildman–Crippen MR) is 110 cm³/mol. The van der Waals surface area contributed by atoms with Crippen molar-refractivity contribution < 1.29 is 15.3 Å². The van der Waals surface area contributed by atoms with Crippen LogP contribution < -0.4 is 0 Å². The van der Waals surface area contributed by atoms with Crippen LogP contribution >= 0.6 is 0 Å². The molecule has 5 heteroatoms. The van der Waals surface area contributed by atoms with E-state index in [-0.39, 0.29) is 12.2 Å². The summed E-state index contributed by atoms with van der Waals surface area (Å²) in [6.07, 6.45) is 5.50. The summed E-state index contributed by atoms with van der Waals surface area (Å²) in [4.78, 5) is 5.03. The Bertz CT molecular complexity index is 1260. The quantitative estimate of drug-likeness (QED) is 0.699. The maximum atomic E-state index is 12.9. The topological polar surface area (TPSA) is 53.2 Å². The first-order valence-corrected chi connectivity index (χ1v) is 10.8. The number of aromatic amines is 1. The van der Waals surface area contributed by atoms with Crippen molar-refractivity contribution in [1.82, 2.24) is 9.88 Å². The summed E-state index contributed by atoms with van der Waals surface area (Å²) >= 11 is 0. The molecule has 0 radical (unpaired) electrons. The van der Waals surface area contributed by atoms with E-state index in [0.717, 1.165) is 29.4 Å². The Labute approximate surface area is 168 Å². The highest BCUT2D eigenvalue weighted by Gasteiger charge is 2.22. The van der Waals surface area contributed by atoms with Gasteiger partial charge in [-0.25, -0.2) is 8.42 Å². The molecule has 1 saturated heterocycles. The third kappa shape index (κ3) is 3.94. The van der Waals surface area contributed by atoms with Crippen LogP contribution in [0.15, 0.2) is 59.5 Å². The maximum absolute atomic E-state index is 12.9. The summed E-state index contributed by atoms with van der Waals surface area (Å²) in [5.41, 5.74) is 3.03. The van der Waals surface area contributed by atoms with Crippen LogP contribution in [-0.4, -0.2) is 43.7 Å². The van der Waals surface area contributed by atoms with Gasteiger partial charge >= 0.3 is 0 Å². The lowest BCUT2D eigenvalue weighted by molar-refractivity contribution is 0.310. The molecule has 1 N–H and O–H groups in total. The third-order valence-corrected chi connectivity index (χ3v) is 6.97. The first-order valence-electron chi connectivity index (χ1n) is 11.7.